The maximum absolute atomic E-state index is 3.26. The molecule has 0 spiro atoms. The molecule has 0 aliphatic carbocycles. The van der Waals surface area contributed by atoms with Crippen molar-refractivity contribution in [2.45, 2.75) is 39.3 Å². The molecule has 0 aliphatic rings. The Labute approximate surface area is 71.0 Å². The third-order valence-electron chi connectivity index (χ3n) is 2.45. The molecule has 0 aromatic rings. The molecule has 2 nitrogen and oxygen atoms in total. The molecular formula is C9H22N2. The molecule has 1 N–H and O–H groups in total. The van der Waals surface area contributed by atoms with Crippen LogP contribution in [0.4, 0.5) is 0 Å². The molecule has 2 heteroatoms. The van der Waals surface area contributed by atoms with Gasteiger partial charge in [-0.25, -0.2) is 0 Å². The van der Waals surface area contributed by atoms with E-state index in [1.165, 1.54) is 13.0 Å². The molecule has 0 fully saturated rings. The summed E-state index contributed by atoms with van der Waals surface area (Å²) in [6, 6.07) is 1.20. The number of likely N-dealkylation sites (N-methyl/N-ethyl adjacent to an activating group) is 2. The third-order valence-corrected chi connectivity index (χ3v) is 2.45. The summed E-state index contributed by atoms with van der Waals surface area (Å²) < 4.78 is 0. The van der Waals surface area contributed by atoms with Crippen LogP contribution in [0.25, 0.3) is 0 Å². The zero-order valence-corrected chi connectivity index (χ0v) is 8.52. The lowest BCUT2D eigenvalue weighted by atomic mass is 10.1. The van der Waals surface area contributed by atoms with E-state index in [1.54, 1.807) is 0 Å². The van der Waals surface area contributed by atoms with E-state index >= 15 is 0 Å². The Balaban J connectivity index is 3.70. The molecular weight excluding hydrogens is 136 g/mol. The van der Waals surface area contributed by atoms with Crippen molar-refractivity contribution in [1.82, 2.24) is 10.2 Å². The maximum Gasteiger partial charge on any atom is 0.0215 e. The zero-order chi connectivity index (χ0) is 8.85. The highest BCUT2D eigenvalue weighted by Gasteiger charge is 2.13. The topological polar surface area (TPSA) is 15.3 Å². The molecule has 0 saturated carbocycles. The molecule has 0 aromatic carbocycles. The smallest absolute Gasteiger partial charge is 0.0215 e. The third kappa shape index (κ3) is 3.73. The first-order valence-electron chi connectivity index (χ1n) is 4.51. The first kappa shape index (κ1) is 10.9. The van der Waals surface area contributed by atoms with Gasteiger partial charge in [0, 0.05) is 12.1 Å². The number of nitrogens with one attached hydrogen (secondary N) is 1. The van der Waals surface area contributed by atoms with E-state index in [-0.39, 0.29) is 0 Å². The van der Waals surface area contributed by atoms with Crippen molar-refractivity contribution in [3.05, 3.63) is 0 Å². The fourth-order valence-corrected chi connectivity index (χ4v) is 1.18. The van der Waals surface area contributed by atoms with Crippen LogP contribution in [0.5, 0.6) is 0 Å². The number of hydrogen-bond donors (Lipinski definition) is 1. The Hall–Kier alpha value is -0.0800. The minimum absolute atomic E-state index is 0.576. The average Bonchev–Trinajstić information content (AvgIpc) is 2.02. The van der Waals surface area contributed by atoms with Gasteiger partial charge >= 0.3 is 0 Å². The van der Waals surface area contributed by atoms with Crippen molar-refractivity contribution >= 4 is 0 Å². The Morgan fingerprint density at radius 1 is 1.36 bits per heavy atom. The Morgan fingerprint density at radius 3 is 2.27 bits per heavy atom. The van der Waals surface area contributed by atoms with Crippen LogP contribution in [0.15, 0.2) is 0 Å². The summed E-state index contributed by atoms with van der Waals surface area (Å²) in [6.45, 7) is 7.88. The lowest BCUT2D eigenvalue weighted by Gasteiger charge is -2.29. The van der Waals surface area contributed by atoms with Gasteiger partial charge in [-0.15, -0.1) is 0 Å². The second kappa shape index (κ2) is 5.56. The summed E-state index contributed by atoms with van der Waals surface area (Å²) in [5.74, 6) is 0. The fraction of sp³-hybridized carbons (Fsp3) is 1.00. The molecule has 2 atom stereocenters. The minimum atomic E-state index is 0.576. The molecule has 0 radical (unpaired) electrons. The molecule has 0 aliphatic heterocycles. The van der Waals surface area contributed by atoms with Gasteiger partial charge in [0.15, 0.2) is 0 Å². The molecule has 0 saturated heterocycles. The van der Waals surface area contributed by atoms with E-state index in [9.17, 15) is 0 Å². The molecule has 0 aromatic heterocycles. The van der Waals surface area contributed by atoms with Gasteiger partial charge in [0.05, 0.1) is 0 Å². The second-order valence-corrected chi connectivity index (χ2v) is 3.30. The van der Waals surface area contributed by atoms with Gasteiger partial charge in [0.25, 0.3) is 0 Å². The number of hydrogen-bond acceptors (Lipinski definition) is 2. The van der Waals surface area contributed by atoms with E-state index in [2.05, 4.69) is 38.0 Å². The Kier molecular flexibility index (Phi) is 5.51. The lowest BCUT2D eigenvalue weighted by molar-refractivity contribution is 0.219. The minimum Gasteiger partial charge on any atom is -0.316 e. The van der Waals surface area contributed by atoms with Crippen LogP contribution in [-0.4, -0.2) is 37.6 Å². The van der Waals surface area contributed by atoms with Gasteiger partial charge in [0.1, 0.15) is 0 Å². The first-order chi connectivity index (χ1) is 5.13. The molecule has 0 bridgehead atoms. The average molecular weight is 158 g/mol. The molecule has 11 heavy (non-hydrogen) atoms. The van der Waals surface area contributed by atoms with Crippen LogP contribution >= 0.6 is 0 Å². The van der Waals surface area contributed by atoms with Crippen molar-refractivity contribution in [3.8, 4) is 0 Å². The van der Waals surface area contributed by atoms with Crippen LogP contribution in [0.3, 0.4) is 0 Å². The quantitative estimate of drug-likeness (QED) is 0.649. The largest absolute Gasteiger partial charge is 0.316 e. The van der Waals surface area contributed by atoms with E-state index in [1.807, 2.05) is 7.05 Å². The molecule has 0 heterocycles. The molecule has 0 rings (SSSR count). The number of nitrogens with zero attached hydrogens (tertiary/aromatic N) is 1. The van der Waals surface area contributed by atoms with E-state index in [0.717, 1.165) is 0 Å². The lowest BCUT2D eigenvalue weighted by Crippen LogP contribution is -2.44. The van der Waals surface area contributed by atoms with Gasteiger partial charge < -0.3 is 10.2 Å². The second-order valence-electron chi connectivity index (χ2n) is 3.30. The predicted molar refractivity (Wildman–Crippen MR) is 50.9 cm³/mol. The van der Waals surface area contributed by atoms with Crippen LogP contribution in [-0.2, 0) is 0 Å². The van der Waals surface area contributed by atoms with Gasteiger partial charge in [-0.1, -0.05) is 6.92 Å². The van der Waals surface area contributed by atoms with Crippen molar-refractivity contribution in [1.29, 1.82) is 0 Å². The van der Waals surface area contributed by atoms with Gasteiger partial charge in [-0.3, -0.25) is 0 Å². The zero-order valence-electron chi connectivity index (χ0n) is 8.52. The van der Waals surface area contributed by atoms with Crippen molar-refractivity contribution < 1.29 is 0 Å². The van der Waals surface area contributed by atoms with E-state index < -0.39 is 0 Å². The SMILES string of the molecule is CCCN(C)C(C)C(C)NC. The summed E-state index contributed by atoms with van der Waals surface area (Å²) in [6.07, 6.45) is 1.23. The van der Waals surface area contributed by atoms with E-state index in [0.29, 0.717) is 12.1 Å². The highest BCUT2D eigenvalue weighted by Crippen LogP contribution is 2.01. The van der Waals surface area contributed by atoms with Gasteiger partial charge in [0.2, 0.25) is 0 Å². The Morgan fingerprint density at radius 2 is 1.91 bits per heavy atom. The summed E-state index contributed by atoms with van der Waals surface area (Å²) in [5.41, 5.74) is 0. The van der Waals surface area contributed by atoms with Crippen molar-refractivity contribution in [2.75, 3.05) is 20.6 Å². The fourth-order valence-electron chi connectivity index (χ4n) is 1.18. The summed E-state index contributed by atoms with van der Waals surface area (Å²) in [4.78, 5) is 2.39. The van der Waals surface area contributed by atoms with Crippen LogP contribution < -0.4 is 5.32 Å². The highest BCUT2D eigenvalue weighted by molar-refractivity contribution is 4.73. The van der Waals surface area contributed by atoms with Crippen molar-refractivity contribution in [3.63, 3.8) is 0 Å². The normalized spacial score (nSPS) is 16.9. The number of rotatable bonds is 5. The van der Waals surface area contributed by atoms with E-state index in [4.69, 9.17) is 0 Å². The summed E-state index contributed by atoms with van der Waals surface area (Å²) >= 11 is 0. The van der Waals surface area contributed by atoms with Crippen LogP contribution in [0.1, 0.15) is 27.2 Å². The predicted octanol–water partition coefficient (Wildman–Crippen LogP) is 1.32. The van der Waals surface area contributed by atoms with Gasteiger partial charge in [-0.05, 0) is 40.9 Å². The van der Waals surface area contributed by atoms with Crippen LogP contribution in [0.2, 0.25) is 0 Å². The molecule has 2 unspecified atom stereocenters. The standard InChI is InChI=1S/C9H22N2/c1-6-7-11(5)9(3)8(2)10-4/h8-10H,6-7H2,1-5H3. The monoisotopic (exact) mass is 158 g/mol. The van der Waals surface area contributed by atoms with Gasteiger partial charge in [-0.2, -0.15) is 0 Å². The van der Waals surface area contributed by atoms with Crippen molar-refractivity contribution in [2.24, 2.45) is 0 Å². The summed E-state index contributed by atoms with van der Waals surface area (Å²) in [7, 11) is 4.20. The molecule has 68 valence electrons. The summed E-state index contributed by atoms with van der Waals surface area (Å²) in [5, 5.41) is 3.26. The highest BCUT2D eigenvalue weighted by atomic mass is 15.1. The maximum atomic E-state index is 3.26. The first-order valence-corrected chi connectivity index (χ1v) is 4.51. The van der Waals surface area contributed by atoms with Crippen LogP contribution in [0, 0.1) is 0 Å². The molecule has 0 amide bonds. The Bertz CT molecular complexity index is 93.6.